The number of carbonyl (C=O) groups excluding carboxylic acids is 1. The fourth-order valence-electron chi connectivity index (χ4n) is 1.19. The number of hydrogen-bond donors (Lipinski definition) is 3. The molecule has 88 valence electrons. The smallest absolute Gasteiger partial charge is 0.251 e. The molecule has 1 rings (SSSR count). The van der Waals surface area contributed by atoms with Crippen molar-refractivity contribution in [3.05, 3.63) is 29.8 Å². The van der Waals surface area contributed by atoms with Crippen molar-refractivity contribution in [1.29, 1.82) is 0 Å². The van der Waals surface area contributed by atoms with Gasteiger partial charge in [0.2, 0.25) is 0 Å². The summed E-state index contributed by atoms with van der Waals surface area (Å²) >= 11 is 1.60. The normalized spacial score (nSPS) is 10.1. The third kappa shape index (κ3) is 4.55. The van der Waals surface area contributed by atoms with Gasteiger partial charge in [0.1, 0.15) is 0 Å². The number of amides is 1. The summed E-state index contributed by atoms with van der Waals surface area (Å²) in [7, 11) is 0. The molecule has 0 aliphatic carbocycles. The van der Waals surface area contributed by atoms with Crippen LogP contribution in [-0.4, -0.2) is 35.7 Å². The molecule has 0 fully saturated rings. The summed E-state index contributed by atoms with van der Waals surface area (Å²) in [5.41, 5.74) is 6.74. The van der Waals surface area contributed by atoms with Crippen molar-refractivity contribution in [3.8, 4) is 0 Å². The van der Waals surface area contributed by atoms with Crippen LogP contribution in [0.3, 0.4) is 0 Å². The van der Waals surface area contributed by atoms with Crippen LogP contribution in [0.2, 0.25) is 0 Å². The molecule has 5 heteroatoms. The Balaban J connectivity index is 2.30. The Bertz CT molecular complexity index is 345. The van der Waals surface area contributed by atoms with Gasteiger partial charge < -0.3 is 16.2 Å². The highest BCUT2D eigenvalue weighted by Gasteiger charge is 2.03. The van der Waals surface area contributed by atoms with E-state index in [0.29, 0.717) is 23.5 Å². The predicted molar refractivity (Wildman–Crippen MR) is 67.6 cm³/mol. The first kappa shape index (κ1) is 12.9. The molecule has 1 aromatic carbocycles. The number of nitrogen functional groups attached to an aromatic ring is 1. The molecule has 0 bridgehead atoms. The third-order valence-corrected chi connectivity index (χ3v) is 2.88. The molecule has 0 saturated heterocycles. The van der Waals surface area contributed by atoms with E-state index < -0.39 is 0 Å². The largest absolute Gasteiger partial charge is 0.399 e. The minimum absolute atomic E-state index is 0.114. The Morgan fingerprint density at radius 1 is 1.44 bits per heavy atom. The molecule has 0 aliphatic heterocycles. The Morgan fingerprint density at radius 3 is 2.94 bits per heavy atom. The molecule has 0 aliphatic rings. The molecule has 0 atom stereocenters. The predicted octanol–water partition coefficient (Wildman–Crippen LogP) is 0.724. The lowest BCUT2D eigenvalue weighted by atomic mass is 10.2. The fourth-order valence-corrected chi connectivity index (χ4v) is 1.76. The molecule has 1 aromatic rings. The molecule has 0 saturated carbocycles. The van der Waals surface area contributed by atoms with Crippen LogP contribution in [0.15, 0.2) is 24.3 Å². The number of benzene rings is 1. The van der Waals surface area contributed by atoms with Gasteiger partial charge in [-0.2, -0.15) is 11.8 Å². The van der Waals surface area contributed by atoms with Crippen molar-refractivity contribution < 1.29 is 9.90 Å². The molecule has 4 N–H and O–H groups in total. The van der Waals surface area contributed by atoms with Gasteiger partial charge >= 0.3 is 0 Å². The molecule has 0 aromatic heterocycles. The lowest BCUT2D eigenvalue weighted by Crippen LogP contribution is -2.25. The van der Waals surface area contributed by atoms with E-state index in [1.807, 2.05) is 0 Å². The molecule has 1 amide bonds. The Kier molecular flexibility index (Phi) is 5.74. The summed E-state index contributed by atoms with van der Waals surface area (Å²) in [5.74, 6) is 1.39. The van der Waals surface area contributed by atoms with Crippen molar-refractivity contribution in [3.63, 3.8) is 0 Å². The number of thioether (sulfide) groups is 1. The molecule has 0 spiro atoms. The van der Waals surface area contributed by atoms with Gasteiger partial charge in [0.05, 0.1) is 6.61 Å². The zero-order valence-electron chi connectivity index (χ0n) is 8.98. The third-order valence-electron chi connectivity index (χ3n) is 1.92. The number of nitrogens with two attached hydrogens (primary N) is 1. The summed E-state index contributed by atoms with van der Waals surface area (Å²) in [5, 5.41) is 11.3. The second kappa shape index (κ2) is 7.14. The van der Waals surface area contributed by atoms with Crippen molar-refractivity contribution in [2.45, 2.75) is 0 Å². The molecular weight excluding hydrogens is 224 g/mol. The van der Waals surface area contributed by atoms with Gasteiger partial charge in [-0.3, -0.25) is 4.79 Å². The average molecular weight is 240 g/mol. The topological polar surface area (TPSA) is 75.4 Å². The maximum Gasteiger partial charge on any atom is 0.251 e. The van der Waals surface area contributed by atoms with Crippen LogP contribution in [0.1, 0.15) is 10.4 Å². The van der Waals surface area contributed by atoms with Gasteiger partial charge in [-0.05, 0) is 18.2 Å². The first-order chi connectivity index (χ1) is 7.74. The van der Waals surface area contributed by atoms with Gasteiger partial charge in [0.15, 0.2) is 0 Å². The molecule has 0 radical (unpaired) electrons. The SMILES string of the molecule is Nc1cccc(C(=O)NCCSCCO)c1. The van der Waals surface area contributed by atoms with E-state index in [1.165, 1.54) is 0 Å². The number of anilines is 1. The van der Waals surface area contributed by atoms with Crippen LogP contribution in [0.25, 0.3) is 0 Å². The molecular formula is C11H16N2O2S. The second-order valence-corrected chi connectivity index (χ2v) is 4.44. The summed E-state index contributed by atoms with van der Waals surface area (Å²) in [4.78, 5) is 11.6. The first-order valence-electron chi connectivity index (χ1n) is 5.06. The quantitative estimate of drug-likeness (QED) is 0.506. The van der Waals surface area contributed by atoms with Crippen molar-refractivity contribution >= 4 is 23.4 Å². The highest BCUT2D eigenvalue weighted by atomic mass is 32.2. The fraction of sp³-hybridized carbons (Fsp3) is 0.364. The van der Waals surface area contributed by atoms with E-state index in [-0.39, 0.29) is 12.5 Å². The van der Waals surface area contributed by atoms with Crippen LogP contribution in [0.5, 0.6) is 0 Å². The van der Waals surface area contributed by atoms with Crippen LogP contribution < -0.4 is 11.1 Å². The van der Waals surface area contributed by atoms with Crippen molar-refractivity contribution in [1.82, 2.24) is 5.32 Å². The summed E-state index contributed by atoms with van der Waals surface area (Å²) in [6.45, 7) is 0.770. The molecule has 4 nitrogen and oxygen atoms in total. The highest BCUT2D eigenvalue weighted by Crippen LogP contribution is 2.06. The summed E-state index contributed by atoms with van der Waals surface area (Å²) in [6.07, 6.45) is 0. The van der Waals surface area contributed by atoms with Crippen molar-refractivity contribution in [2.24, 2.45) is 0 Å². The standard InChI is InChI=1S/C11H16N2O2S/c12-10-3-1-2-9(8-10)11(15)13-4-6-16-7-5-14/h1-3,8,14H,4-7,12H2,(H,13,15). The molecule has 0 unspecified atom stereocenters. The number of rotatable bonds is 6. The summed E-state index contributed by atoms with van der Waals surface area (Å²) < 4.78 is 0. The minimum atomic E-state index is -0.114. The summed E-state index contributed by atoms with van der Waals surface area (Å²) in [6, 6.07) is 6.88. The Hall–Kier alpha value is -1.20. The monoisotopic (exact) mass is 240 g/mol. The van der Waals surface area contributed by atoms with E-state index in [9.17, 15) is 4.79 Å². The zero-order chi connectivity index (χ0) is 11.8. The van der Waals surface area contributed by atoms with Gasteiger partial charge in [-0.1, -0.05) is 6.07 Å². The van der Waals surface area contributed by atoms with Gasteiger partial charge in [-0.15, -0.1) is 0 Å². The Morgan fingerprint density at radius 2 is 2.25 bits per heavy atom. The van der Waals surface area contributed by atoms with Crippen LogP contribution >= 0.6 is 11.8 Å². The van der Waals surface area contributed by atoms with Gasteiger partial charge in [-0.25, -0.2) is 0 Å². The number of nitrogens with one attached hydrogen (secondary N) is 1. The maximum atomic E-state index is 11.6. The van der Waals surface area contributed by atoms with E-state index >= 15 is 0 Å². The van der Waals surface area contributed by atoms with E-state index in [0.717, 1.165) is 5.75 Å². The number of aliphatic hydroxyl groups excluding tert-OH is 1. The molecule has 16 heavy (non-hydrogen) atoms. The van der Waals surface area contributed by atoms with Gasteiger partial charge in [0.25, 0.3) is 5.91 Å². The first-order valence-corrected chi connectivity index (χ1v) is 6.22. The van der Waals surface area contributed by atoms with Crippen LogP contribution in [0, 0.1) is 0 Å². The highest BCUT2D eigenvalue weighted by molar-refractivity contribution is 7.99. The van der Waals surface area contributed by atoms with Gasteiger partial charge in [0, 0.05) is 29.3 Å². The number of aliphatic hydroxyl groups is 1. The molecule has 0 heterocycles. The van der Waals surface area contributed by atoms with Crippen LogP contribution in [-0.2, 0) is 0 Å². The average Bonchev–Trinajstić information content (AvgIpc) is 2.28. The van der Waals surface area contributed by atoms with E-state index in [4.69, 9.17) is 10.8 Å². The minimum Gasteiger partial charge on any atom is -0.399 e. The Labute approximate surface area is 99.2 Å². The number of hydrogen-bond acceptors (Lipinski definition) is 4. The van der Waals surface area contributed by atoms with E-state index in [1.54, 1.807) is 36.0 Å². The van der Waals surface area contributed by atoms with Crippen LogP contribution in [0.4, 0.5) is 5.69 Å². The maximum absolute atomic E-state index is 11.6. The second-order valence-electron chi connectivity index (χ2n) is 3.22. The van der Waals surface area contributed by atoms with E-state index in [2.05, 4.69) is 5.32 Å². The lowest BCUT2D eigenvalue weighted by molar-refractivity contribution is 0.0956. The van der Waals surface area contributed by atoms with Crippen molar-refractivity contribution in [2.75, 3.05) is 30.4 Å². The number of carbonyl (C=O) groups is 1. The zero-order valence-corrected chi connectivity index (χ0v) is 9.80. The lowest BCUT2D eigenvalue weighted by Gasteiger charge is -2.05.